The minimum Gasteiger partial charge on any atom is -0.508 e. The highest BCUT2D eigenvalue weighted by molar-refractivity contribution is 5.73. The highest BCUT2D eigenvalue weighted by atomic mass is 16.7. The molecule has 1 aromatic rings. The highest BCUT2D eigenvalue weighted by Crippen LogP contribution is 2.23. The second-order valence-corrected chi connectivity index (χ2v) is 6.72. The number of hydrogen-bond donors (Lipinski definition) is 3. The van der Waals surface area contributed by atoms with Crippen LogP contribution in [0.3, 0.4) is 0 Å². The molecular weight excluding hydrogens is 298 g/mol. The Balaban J connectivity index is 1.77. The largest absolute Gasteiger partial charge is 0.508 e. The van der Waals surface area contributed by atoms with Crippen molar-refractivity contribution in [2.24, 2.45) is 5.41 Å². The molecule has 0 radical (unpaired) electrons. The predicted molar refractivity (Wildman–Crippen MR) is 85.3 cm³/mol. The first-order chi connectivity index (χ1) is 10.9. The van der Waals surface area contributed by atoms with E-state index in [0.29, 0.717) is 32.6 Å². The van der Waals surface area contributed by atoms with Crippen molar-refractivity contribution in [1.29, 1.82) is 0 Å². The number of aliphatic carboxylic acids is 1. The van der Waals surface area contributed by atoms with Gasteiger partial charge in [-0.15, -0.1) is 0 Å². The summed E-state index contributed by atoms with van der Waals surface area (Å²) in [4.78, 5) is 11.4. The van der Waals surface area contributed by atoms with Gasteiger partial charge >= 0.3 is 5.97 Å². The number of phenolic OH excluding ortho intramolecular Hbond substituents is 1. The fraction of sp³-hybridized carbons (Fsp3) is 0.588. The molecule has 23 heavy (non-hydrogen) atoms. The molecule has 3 N–H and O–H groups in total. The molecule has 0 amide bonds. The van der Waals surface area contributed by atoms with Gasteiger partial charge in [-0.3, -0.25) is 4.79 Å². The van der Waals surface area contributed by atoms with Crippen molar-refractivity contribution in [1.82, 2.24) is 5.32 Å². The van der Waals surface area contributed by atoms with Crippen molar-refractivity contribution in [2.45, 2.75) is 39.0 Å². The van der Waals surface area contributed by atoms with Crippen LogP contribution in [0.4, 0.5) is 0 Å². The van der Waals surface area contributed by atoms with Crippen LogP contribution in [0.1, 0.15) is 25.8 Å². The number of phenols is 1. The Morgan fingerprint density at radius 2 is 1.91 bits per heavy atom. The van der Waals surface area contributed by atoms with E-state index in [1.54, 1.807) is 24.3 Å². The van der Waals surface area contributed by atoms with E-state index in [9.17, 15) is 15.0 Å². The minimum absolute atomic E-state index is 0.0341. The van der Waals surface area contributed by atoms with Gasteiger partial charge in [0.15, 0.2) is 6.29 Å². The third-order valence-electron chi connectivity index (χ3n) is 3.76. The summed E-state index contributed by atoms with van der Waals surface area (Å²) >= 11 is 0. The van der Waals surface area contributed by atoms with Crippen molar-refractivity contribution in [3.05, 3.63) is 29.8 Å². The van der Waals surface area contributed by atoms with E-state index in [-0.39, 0.29) is 17.5 Å². The molecule has 1 heterocycles. The van der Waals surface area contributed by atoms with Gasteiger partial charge in [-0.1, -0.05) is 26.0 Å². The van der Waals surface area contributed by atoms with Gasteiger partial charge in [0.05, 0.1) is 13.2 Å². The molecule has 0 aromatic heterocycles. The average Bonchev–Trinajstić information content (AvgIpc) is 2.49. The molecule has 128 valence electrons. The van der Waals surface area contributed by atoms with Gasteiger partial charge in [-0.25, -0.2) is 0 Å². The van der Waals surface area contributed by atoms with E-state index in [1.807, 2.05) is 0 Å². The van der Waals surface area contributed by atoms with Gasteiger partial charge in [0, 0.05) is 18.4 Å². The summed E-state index contributed by atoms with van der Waals surface area (Å²) < 4.78 is 11.3. The fourth-order valence-electron chi connectivity index (χ4n) is 2.38. The normalized spacial score (nSPS) is 19.4. The Morgan fingerprint density at radius 1 is 1.30 bits per heavy atom. The van der Waals surface area contributed by atoms with E-state index in [4.69, 9.17) is 9.47 Å². The number of carbonyl (C=O) groups is 1. The van der Waals surface area contributed by atoms with Crippen LogP contribution in [-0.4, -0.2) is 48.3 Å². The number of benzene rings is 1. The van der Waals surface area contributed by atoms with Crippen LogP contribution >= 0.6 is 0 Å². The molecular formula is C17H25NO5. The van der Waals surface area contributed by atoms with Crippen LogP contribution in [0.15, 0.2) is 24.3 Å². The number of nitrogens with one attached hydrogen (secondary N) is 1. The van der Waals surface area contributed by atoms with E-state index < -0.39 is 12.0 Å². The molecule has 0 unspecified atom stereocenters. The SMILES string of the molecule is CC1(C)COC(CCN[C@@H](Cc2ccc(O)cc2)C(=O)O)OC1. The molecule has 0 aliphatic carbocycles. The van der Waals surface area contributed by atoms with E-state index in [2.05, 4.69) is 19.2 Å². The molecule has 1 fully saturated rings. The molecule has 0 saturated carbocycles. The molecule has 6 nitrogen and oxygen atoms in total. The minimum atomic E-state index is -0.898. The van der Waals surface area contributed by atoms with Crippen molar-refractivity contribution >= 4 is 5.97 Å². The van der Waals surface area contributed by atoms with Crippen LogP contribution < -0.4 is 5.32 Å². The van der Waals surface area contributed by atoms with Crippen LogP contribution in [0.2, 0.25) is 0 Å². The summed E-state index contributed by atoms with van der Waals surface area (Å²) in [5, 5.41) is 21.6. The number of carboxylic acid groups (broad SMARTS) is 1. The van der Waals surface area contributed by atoms with E-state index in [0.717, 1.165) is 5.56 Å². The zero-order chi connectivity index (χ0) is 16.9. The monoisotopic (exact) mass is 323 g/mol. The van der Waals surface area contributed by atoms with Gasteiger partial charge in [-0.05, 0) is 24.1 Å². The first-order valence-corrected chi connectivity index (χ1v) is 7.83. The zero-order valence-electron chi connectivity index (χ0n) is 13.6. The Kier molecular flexibility index (Phi) is 5.98. The molecule has 6 heteroatoms. The lowest BCUT2D eigenvalue weighted by Crippen LogP contribution is -2.42. The third-order valence-corrected chi connectivity index (χ3v) is 3.76. The summed E-state index contributed by atoms with van der Waals surface area (Å²) in [6.45, 7) is 5.96. The molecule has 1 aliphatic heterocycles. The number of rotatable bonds is 7. The topological polar surface area (TPSA) is 88.0 Å². The van der Waals surface area contributed by atoms with Gasteiger partial charge in [-0.2, -0.15) is 0 Å². The van der Waals surface area contributed by atoms with Crippen LogP contribution in [0.5, 0.6) is 5.75 Å². The first-order valence-electron chi connectivity index (χ1n) is 7.83. The first kappa shape index (κ1) is 17.7. The number of hydrogen-bond acceptors (Lipinski definition) is 5. The summed E-state index contributed by atoms with van der Waals surface area (Å²) in [6.07, 6.45) is 0.684. The smallest absolute Gasteiger partial charge is 0.321 e. The Labute approximate surface area is 136 Å². The fourth-order valence-corrected chi connectivity index (χ4v) is 2.38. The number of aromatic hydroxyl groups is 1. The summed E-state index contributed by atoms with van der Waals surface area (Å²) in [5.74, 6) is -0.729. The lowest BCUT2D eigenvalue weighted by Gasteiger charge is -2.34. The molecule has 1 atom stereocenters. The maximum Gasteiger partial charge on any atom is 0.321 e. The van der Waals surface area contributed by atoms with Crippen LogP contribution in [0, 0.1) is 5.41 Å². The lowest BCUT2D eigenvalue weighted by atomic mass is 9.95. The quantitative estimate of drug-likeness (QED) is 0.709. The zero-order valence-corrected chi connectivity index (χ0v) is 13.6. The second-order valence-electron chi connectivity index (χ2n) is 6.72. The number of carboxylic acids is 1. The van der Waals surface area contributed by atoms with Crippen LogP contribution in [0.25, 0.3) is 0 Å². The summed E-state index contributed by atoms with van der Waals surface area (Å²) in [5.41, 5.74) is 0.890. The third kappa shape index (κ3) is 5.82. The molecule has 0 bridgehead atoms. The number of ether oxygens (including phenoxy) is 2. The Bertz CT molecular complexity index is 504. The van der Waals surface area contributed by atoms with Crippen molar-refractivity contribution < 1.29 is 24.5 Å². The van der Waals surface area contributed by atoms with Gasteiger partial charge in [0.2, 0.25) is 0 Å². The summed E-state index contributed by atoms with van der Waals surface area (Å²) in [7, 11) is 0. The predicted octanol–water partition coefficient (Wildman–Crippen LogP) is 1.77. The Hall–Kier alpha value is -1.63. The lowest BCUT2D eigenvalue weighted by molar-refractivity contribution is -0.223. The highest BCUT2D eigenvalue weighted by Gasteiger charge is 2.28. The average molecular weight is 323 g/mol. The van der Waals surface area contributed by atoms with Crippen molar-refractivity contribution in [2.75, 3.05) is 19.8 Å². The molecule has 0 spiro atoms. The van der Waals surface area contributed by atoms with Crippen molar-refractivity contribution in [3.63, 3.8) is 0 Å². The van der Waals surface area contributed by atoms with Crippen LogP contribution in [-0.2, 0) is 20.7 Å². The summed E-state index contributed by atoms with van der Waals surface area (Å²) in [6, 6.07) is 5.88. The van der Waals surface area contributed by atoms with Gasteiger partial charge in [0.1, 0.15) is 11.8 Å². The molecule has 1 aliphatic rings. The molecule has 2 rings (SSSR count). The van der Waals surface area contributed by atoms with Gasteiger partial charge in [0.25, 0.3) is 0 Å². The Morgan fingerprint density at radius 3 is 2.48 bits per heavy atom. The second kappa shape index (κ2) is 7.77. The van der Waals surface area contributed by atoms with Gasteiger partial charge < -0.3 is 25.0 Å². The van der Waals surface area contributed by atoms with E-state index >= 15 is 0 Å². The standard InChI is InChI=1S/C17H25NO5/c1-17(2)10-22-15(23-11-17)7-8-18-14(16(20)21)9-12-3-5-13(19)6-4-12/h3-6,14-15,18-19H,7-11H2,1-2H3,(H,20,21)/t14-/m0/s1. The van der Waals surface area contributed by atoms with E-state index in [1.165, 1.54) is 0 Å². The van der Waals surface area contributed by atoms with Crippen molar-refractivity contribution in [3.8, 4) is 5.75 Å². The maximum atomic E-state index is 11.4. The maximum absolute atomic E-state index is 11.4. The molecule has 1 saturated heterocycles. The molecule has 1 aromatic carbocycles.